The maximum absolute atomic E-state index is 12.3. The first kappa shape index (κ1) is 16.4. The third kappa shape index (κ3) is 2.94. The Kier molecular flexibility index (Phi) is 3.85. The van der Waals surface area contributed by atoms with Gasteiger partial charge in [-0.3, -0.25) is 4.79 Å². The summed E-state index contributed by atoms with van der Waals surface area (Å²) in [4.78, 5) is 21.8. The van der Waals surface area contributed by atoms with Crippen LogP contribution in [0.3, 0.4) is 0 Å². The third-order valence-electron chi connectivity index (χ3n) is 6.30. The molecule has 1 atom stereocenters. The summed E-state index contributed by atoms with van der Waals surface area (Å²) in [6.07, 6.45) is 6.53. The maximum atomic E-state index is 12.3. The van der Waals surface area contributed by atoms with Crippen molar-refractivity contribution in [1.82, 2.24) is 9.88 Å². The lowest BCUT2D eigenvalue weighted by atomic mass is 9.73. The number of benzene rings is 1. The minimum absolute atomic E-state index is 0.241. The van der Waals surface area contributed by atoms with Crippen LogP contribution in [0.2, 0.25) is 5.02 Å². The summed E-state index contributed by atoms with van der Waals surface area (Å²) < 4.78 is 0. The molecule has 0 bridgehead atoms. The fourth-order valence-corrected chi connectivity index (χ4v) is 4.94. The van der Waals surface area contributed by atoms with E-state index in [0.717, 1.165) is 47.8 Å². The van der Waals surface area contributed by atoms with Crippen LogP contribution in [-0.4, -0.2) is 41.5 Å². The number of anilines is 1. The summed E-state index contributed by atoms with van der Waals surface area (Å²) in [5.41, 5.74) is 1.23. The van der Waals surface area contributed by atoms with E-state index in [1.165, 1.54) is 25.7 Å². The number of fused-ring (bicyclic) bond motifs is 1. The number of rotatable bonds is 2. The van der Waals surface area contributed by atoms with Gasteiger partial charge in [-0.2, -0.15) is 0 Å². The number of amides is 1. The maximum Gasteiger partial charge on any atom is 0.222 e. The van der Waals surface area contributed by atoms with Gasteiger partial charge in [0.25, 0.3) is 0 Å². The smallest absolute Gasteiger partial charge is 0.222 e. The average Bonchev–Trinajstić information content (AvgIpc) is 3.49. The lowest BCUT2D eigenvalue weighted by Gasteiger charge is -2.48. The van der Waals surface area contributed by atoms with Crippen molar-refractivity contribution in [2.24, 2.45) is 5.41 Å². The number of hydrogen-bond acceptors (Lipinski definition) is 3. The molecular formula is C21H24ClN3O. The molecule has 1 aromatic carbocycles. The SMILES string of the molecule is O=C1CC[C@@]2(CCCN(c3ccc4cc(Cl)ccc4n3)C2)CN1C1CC1. The number of likely N-dealkylation sites (tertiary alicyclic amines) is 1. The molecule has 1 saturated carbocycles. The molecule has 3 aliphatic rings. The highest BCUT2D eigenvalue weighted by molar-refractivity contribution is 6.31. The summed E-state index contributed by atoms with van der Waals surface area (Å²) in [5.74, 6) is 1.42. The van der Waals surface area contributed by atoms with Crippen LogP contribution >= 0.6 is 11.6 Å². The van der Waals surface area contributed by atoms with Gasteiger partial charge < -0.3 is 9.80 Å². The van der Waals surface area contributed by atoms with Gasteiger partial charge in [0, 0.05) is 47.9 Å². The second-order valence-electron chi connectivity index (χ2n) is 8.28. The van der Waals surface area contributed by atoms with Crippen LogP contribution in [0.25, 0.3) is 10.9 Å². The molecule has 26 heavy (non-hydrogen) atoms. The highest BCUT2D eigenvalue weighted by Crippen LogP contribution is 2.43. The monoisotopic (exact) mass is 369 g/mol. The molecule has 5 rings (SSSR count). The fourth-order valence-electron chi connectivity index (χ4n) is 4.76. The van der Waals surface area contributed by atoms with E-state index in [1.807, 2.05) is 18.2 Å². The first-order valence-electron chi connectivity index (χ1n) is 9.73. The quantitative estimate of drug-likeness (QED) is 0.793. The molecule has 1 aliphatic carbocycles. The van der Waals surface area contributed by atoms with Gasteiger partial charge in [-0.15, -0.1) is 0 Å². The number of nitrogens with zero attached hydrogens (tertiary/aromatic N) is 3. The Balaban J connectivity index is 1.40. The Bertz CT molecular complexity index is 865. The second-order valence-corrected chi connectivity index (χ2v) is 8.72. The van der Waals surface area contributed by atoms with E-state index < -0.39 is 0 Å². The molecule has 3 fully saturated rings. The van der Waals surface area contributed by atoms with E-state index in [1.54, 1.807) is 0 Å². The topological polar surface area (TPSA) is 36.4 Å². The van der Waals surface area contributed by atoms with Crippen molar-refractivity contribution in [1.29, 1.82) is 0 Å². The number of pyridine rings is 1. The molecule has 2 saturated heterocycles. The lowest BCUT2D eigenvalue weighted by Crippen LogP contribution is -2.54. The Labute approximate surface area is 159 Å². The van der Waals surface area contributed by atoms with E-state index in [-0.39, 0.29) is 5.41 Å². The van der Waals surface area contributed by atoms with Crippen LogP contribution < -0.4 is 4.90 Å². The van der Waals surface area contributed by atoms with Crippen molar-refractivity contribution in [3.63, 3.8) is 0 Å². The van der Waals surface area contributed by atoms with E-state index in [9.17, 15) is 4.79 Å². The molecule has 1 amide bonds. The summed E-state index contributed by atoms with van der Waals surface area (Å²) in [7, 11) is 0. The van der Waals surface area contributed by atoms with E-state index in [2.05, 4.69) is 21.9 Å². The predicted octanol–water partition coefficient (Wildman–Crippen LogP) is 4.26. The fraction of sp³-hybridized carbons (Fsp3) is 0.524. The minimum atomic E-state index is 0.241. The van der Waals surface area contributed by atoms with E-state index in [4.69, 9.17) is 16.6 Å². The van der Waals surface area contributed by atoms with Crippen LogP contribution in [0, 0.1) is 5.41 Å². The highest BCUT2D eigenvalue weighted by atomic mass is 35.5. The van der Waals surface area contributed by atoms with Crippen molar-refractivity contribution >= 4 is 34.2 Å². The lowest BCUT2D eigenvalue weighted by molar-refractivity contribution is -0.138. The zero-order valence-electron chi connectivity index (χ0n) is 15.0. The van der Waals surface area contributed by atoms with Crippen molar-refractivity contribution in [3.8, 4) is 0 Å². The predicted molar refractivity (Wildman–Crippen MR) is 105 cm³/mol. The van der Waals surface area contributed by atoms with Crippen LogP contribution in [-0.2, 0) is 4.79 Å². The van der Waals surface area contributed by atoms with Crippen molar-refractivity contribution < 1.29 is 4.79 Å². The molecule has 4 nitrogen and oxygen atoms in total. The summed E-state index contributed by atoms with van der Waals surface area (Å²) in [6.45, 7) is 3.00. The van der Waals surface area contributed by atoms with Crippen molar-refractivity contribution in [3.05, 3.63) is 35.4 Å². The second kappa shape index (κ2) is 6.12. The number of carbonyl (C=O) groups excluding carboxylic acids is 1. The molecule has 1 spiro atoms. The van der Waals surface area contributed by atoms with Gasteiger partial charge in [-0.25, -0.2) is 4.98 Å². The molecule has 2 aliphatic heterocycles. The van der Waals surface area contributed by atoms with Gasteiger partial charge in [0.2, 0.25) is 5.91 Å². The average molecular weight is 370 g/mol. The highest BCUT2D eigenvalue weighted by Gasteiger charge is 2.45. The van der Waals surface area contributed by atoms with Gasteiger partial charge in [-0.05, 0) is 62.4 Å². The van der Waals surface area contributed by atoms with Gasteiger partial charge >= 0.3 is 0 Å². The minimum Gasteiger partial charge on any atom is -0.356 e. The van der Waals surface area contributed by atoms with Gasteiger partial charge in [0.05, 0.1) is 5.52 Å². The van der Waals surface area contributed by atoms with Crippen LogP contribution in [0.4, 0.5) is 5.82 Å². The summed E-state index contributed by atoms with van der Waals surface area (Å²) in [5, 5.41) is 1.83. The largest absolute Gasteiger partial charge is 0.356 e. The molecule has 136 valence electrons. The van der Waals surface area contributed by atoms with E-state index >= 15 is 0 Å². The van der Waals surface area contributed by atoms with Gasteiger partial charge in [-0.1, -0.05) is 11.6 Å². The molecule has 2 aromatic rings. The molecule has 3 heterocycles. The first-order chi connectivity index (χ1) is 12.6. The molecular weight excluding hydrogens is 346 g/mol. The number of hydrogen-bond donors (Lipinski definition) is 0. The van der Waals surface area contributed by atoms with Gasteiger partial charge in [0.15, 0.2) is 0 Å². The zero-order valence-corrected chi connectivity index (χ0v) is 15.7. The first-order valence-corrected chi connectivity index (χ1v) is 10.1. The summed E-state index contributed by atoms with van der Waals surface area (Å²) >= 11 is 6.09. The van der Waals surface area contributed by atoms with Gasteiger partial charge in [0.1, 0.15) is 5.82 Å². The number of carbonyl (C=O) groups is 1. The standard InChI is InChI=1S/C21H24ClN3O/c22-16-3-6-18-15(12-16)2-7-19(23-18)24-11-1-9-21(13-24)10-8-20(26)25(14-21)17-4-5-17/h2-3,6-7,12,17H,1,4-5,8-11,13-14H2/t21-/m1/s1. The number of piperidine rings is 2. The molecule has 1 aromatic heterocycles. The van der Waals surface area contributed by atoms with Crippen LogP contribution in [0.5, 0.6) is 0 Å². The van der Waals surface area contributed by atoms with E-state index in [0.29, 0.717) is 18.4 Å². The Morgan fingerprint density at radius 1 is 1.12 bits per heavy atom. The van der Waals surface area contributed by atoms with Crippen molar-refractivity contribution in [2.45, 2.75) is 44.6 Å². The van der Waals surface area contributed by atoms with Crippen LogP contribution in [0.15, 0.2) is 30.3 Å². The summed E-state index contributed by atoms with van der Waals surface area (Å²) in [6, 6.07) is 10.6. The molecule has 0 radical (unpaired) electrons. The molecule has 5 heteroatoms. The van der Waals surface area contributed by atoms with Crippen LogP contribution in [0.1, 0.15) is 38.5 Å². The van der Waals surface area contributed by atoms with Crippen molar-refractivity contribution in [2.75, 3.05) is 24.5 Å². The molecule has 0 unspecified atom stereocenters. The normalized spacial score (nSPS) is 26.7. The zero-order chi connectivity index (χ0) is 17.7. The third-order valence-corrected chi connectivity index (χ3v) is 6.54. The Morgan fingerprint density at radius 2 is 2.00 bits per heavy atom. The Hall–Kier alpha value is -1.81. The number of aromatic nitrogens is 1. The molecule has 0 N–H and O–H groups in total. The number of halogens is 1. The Morgan fingerprint density at radius 3 is 2.85 bits per heavy atom.